The molecule has 0 unspecified atom stereocenters. The van der Waals surface area contributed by atoms with Gasteiger partial charge in [0, 0.05) is 43.7 Å². The van der Waals surface area contributed by atoms with Gasteiger partial charge in [-0.2, -0.15) is 5.26 Å². The highest BCUT2D eigenvalue weighted by atomic mass is 16.3. The van der Waals surface area contributed by atoms with Gasteiger partial charge in [0.15, 0.2) is 0 Å². The predicted molar refractivity (Wildman–Crippen MR) is 207 cm³/mol. The third-order valence-corrected chi connectivity index (χ3v) is 10.3. The van der Waals surface area contributed by atoms with Gasteiger partial charge in [0.25, 0.3) is 0 Å². The second-order valence-corrected chi connectivity index (χ2v) is 13.5. The molecule has 0 radical (unpaired) electrons. The Morgan fingerprint density at radius 1 is 0.480 bits per heavy atom. The maximum atomic E-state index is 9.61. The molecule has 0 atom stereocenters. The molecule has 3 heterocycles. The van der Waals surface area contributed by atoms with Gasteiger partial charge >= 0.3 is 0 Å². The standard InChI is InChI=1S/C46H31N3O/c1-28(2)31-22-32(24-34(23-31)49-41-12-6-3-9-35(41)36-10-4-7-13-42(36)49)30-16-19-45-39(25-30)40-26-33(17-20-46(40)50-45)48-43-14-8-5-11-37(43)38-21-29(27-47)15-18-44(38)48/h3-26,28H,1-2H3. The second-order valence-electron chi connectivity index (χ2n) is 13.5. The average molecular weight is 642 g/mol. The molecule has 3 aromatic heterocycles. The number of para-hydroxylation sites is 3. The maximum Gasteiger partial charge on any atom is 0.135 e. The zero-order chi connectivity index (χ0) is 33.5. The summed E-state index contributed by atoms with van der Waals surface area (Å²) in [6.45, 7) is 4.53. The Morgan fingerprint density at radius 2 is 1.06 bits per heavy atom. The Labute approximate surface area is 288 Å². The van der Waals surface area contributed by atoms with E-state index in [1.807, 2.05) is 12.1 Å². The highest BCUT2D eigenvalue weighted by molar-refractivity contribution is 6.12. The summed E-state index contributed by atoms with van der Waals surface area (Å²) in [5.74, 6) is 0.360. The molecule has 10 rings (SSSR count). The molecule has 0 bridgehead atoms. The Hall–Kier alpha value is -6.57. The van der Waals surface area contributed by atoms with Crippen LogP contribution in [0.5, 0.6) is 0 Å². The van der Waals surface area contributed by atoms with E-state index < -0.39 is 0 Å². The van der Waals surface area contributed by atoms with E-state index in [1.54, 1.807) is 0 Å². The van der Waals surface area contributed by atoms with E-state index in [9.17, 15) is 5.26 Å². The van der Waals surface area contributed by atoms with Crippen molar-refractivity contribution in [3.05, 3.63) is 157 Å². The van der Waals surface area contributed by atoms with Crippen molar-refractivity contribution in [3.63, 3.8) is 0 Å². The van der Waals surface area contributed by atoms with Crippen molar-refractivity contribution < 1.29 is 4.42 Å². The molecule has 4 nitrogen and oxygen atoms in total. The molecule has 10 aromatic rings. The van der Waals surface area contributed by atoms with Crippen LogP contribution >= 0.6 is 0 Å². The van der Waals surface area contributed by atoms with Crippen LogP contribution in [0.3, 0.4) is 0 Å². The summed E-state index contributed by atoms with van der Waals surface area (Å²) in [5, 5.41) is 16.5. The largest absolute Gasteiger partial charge is 0.456 e. The van der Waals surface area contributed by atoms with Crippen LogP contribution in [-0.4, -0.2) is 9.13 Å². The van der Waals surface area contributed by atoms with Crippen LogP contribution in [0.1, 0.15) is 30.9 Å². The third kappa shape index (κ3) is 4.17. The van der Waals surface area contributed by atoms with E-state index in [0.717, 1.165) is 60.7 Å². The number of nitrogens with zero attached hydrogens (tertiary/aromatic N) is 3. The Morgan fingerprint density at radius 3 is 1.72 bits per heavy atom. The van der Waals surface area contributed by atoms with Gasteiger partial charge in [-0.1, -0.05) is 80.6 Å². The lowest BCUT2D eigenvalue weighted by molar-refractivity contribution is 0.669. The lowest BCUT2D eigenvalue weighted by atomic mass is 9.95. The summed E-state index contributed by atoms with van der Waals surface area (Å²) in [6.07, 6.45) is 0. The quantitative estimate of drug-likeness (QED) is 0.192. The van der Waals surface area contributed by atoms with E-state index in [0.29, 0.717) is 11.5 Å². The lowest BCUT2D eigenvalue weighted by Crippen LogP contribution is -1.98. The van der Waals surface area contributed by atoms with Gasteiger partial charge in [-0.15, -0.1) is 0 Å². The molecular formula is C46H31N3O. The highest BCUT2D eigenvalue weighted by Gasteiger charge is 2.17. The van der Waals surface area contributed by atoms with Gasteiger partial charge in [0.2, 0.25) is 0 Å². The summed E-state index contributed by atoms with van der Waals surface area (Å²) in [5.41, 5.74) is 12.8. The van der Waals surface area contributed by atoms with Crippen LogP contribution in [0, 0.1) is 11.3 Å². The van der Waals surface area contributed by atoms with Crippen LogP contribution < -0.4 is 0 Å². The first-order chi connectivity index (χ1) is 24.6. The van der Waals surface area contributed by atoms with Crippen LogP contribution in [0.2, 0.25) is 0 Å². The normalized spacial score (nSPS) is 12.0. The summed E-state index contributed by atoms with van der Waals surface area (Å²) in [7, 11) is 0. The zero-order valence-electron chi connectivity index (χ0n) is 27.7. The third-order valence-electron chi connectivity index (χ3n) is 10.3. The number of hydrogen-bond donors (Lipinski definition) is 0. The van der Waals surface area contributed by atoms with Gasteiger partial charge in [-0.3, -0.25) is 0 Å². The number of fused-ring (bicyclic) bond motifs is 9. The number of furan rings is 1. The van der Waals surface area contributed by atoms with E-state index in [2.05, 4.69) is 163 Å². The number of hydrogen-bond acceptors (Lipinski definition) is 2. The molecule has 4 heteroatoms. The molecule has 0 aliphatic carbocycles. The van der Waals surface area contributed by atoms with Crippen molar-refractivity contribution in [3.8, 4) is 28.6 Å². The summed E-state index contributed by atoms with van der Waals surface area (Å²) in [4.78, 5) is 0. The topological polar surface area (TPSA) is 46.8 Å². The highest BCUT2D eigenvalue weighted by Crippen LogP contribution is 2.39. The minimum Gasteiger partial charge on any atom is -0.456 e. The molecule has 0 aliphatic rings. The van der Waals surface area contributed by atoms with Gasteiger partial charge in [-0.05, 0) is 101 Å². The number of aromatic nitrogens is 2. The van der Waals surface area contributed by atoms with Crippen molar-refractivity contribution in [2.75, 3.05) is 0 Å². The molecule has 0 saturated carbocycles. The Bertz CT molecular complexity index is 2980. The maximum absolute atomic E-state index is 9.61. The van der Waals surface area contributed by atoms with Gasteiger partial charge in [-0.25, -0.2) is 0 Å². The lowest BCUT2D eigenvalue weighted by Gasteiger charge is -2.15. The fraction of sp³-hybridized carbons (Fsp3) is 0.0652. The second kappa shape index (κ2) is 10.7. The fourth-order valence-electron chi connectivity index (χ4n) is 7.87. The number of rotatable bonds is 4. The molecule has 7 aromatic carbocycles. The van der Waals surface area contributed by atoms with Crippen molar-refractivity contribution in [2.24, 2.45) is 0 Å². The number of nitriles is 1. The van der Waals surface area contributed by atoms with Crippen LogP contribution in [0.15, 0.2) is 150 Å². The average Bonchev–Trinajstić information content (AvgIpc) is 3.81. The van der Waals surface area contributed by atoms with Crippen molar-refractivity contribution in [1.82, 2.24) is 9.13 Å². The Balaban J connectivity index is 1.17. The fourth-order valence-corrected chi connectivity index (χ4v) is 7.87. The van der Waals surface area contributed by atoms with E-state index in [1.165, 1.54) is 32.9 Å². The van der Waals surface area contributed by atoms with Crippen molar-refractivity contribution in [1.29, 1.82) is 5.26 Å². The van der Waals surface area contributed by atoms with E-state index in [-0.39, 0.29) is 0 Å². The minimum absolute atomic E-state index is 0.360. The number of benzene rings is 7. The SMILES string of the molecule is CC(C)c1cc(-c2ccc3oc4ccc(-n5c6ccccc6c6cc(C#N)ccc65)cc4c3c2)cc(-n2c3ccccc3c3ccccc32)c1. The molecule has 0 spiro atoms. The van der Waals surface area contributed by atoms with Crippen LogP contribution in [-0.2, 0) is 0 Å². The first-order valence-electron chi connectivity index (χ1n) is 17.1. The first kappa shape index (κ1) is 28.4. The molecule has 0 N–H and O–H groups in total. The first-order valence-corrected chi connectivity index (χ1v) is 17.1. The molecule has 0 aliphatic heterocycles. The molecule has 236 valence electrons. The monoisotopic (exact) mass is 641 g/mol. The van der Waals surface area contributed by atoms with Gasteiger partial charge < -0.3 is 13.6 Å². The van der Waals surface area contributed by atoms with Crippen LogP contribution in [0.4, 0.5) is 0 Å². The smallest absolute Gasteiger partial charge is 0.135 e. The summed E-state index contributed by atoms with van der Waals surface area (Å²) >= 11 is 0. The summed E-state index contributed by atoms with van der Waals surface area (Å²) < 4.78 is 11.1. The van der Waals surface area contributed by atoms with Gasteiger partial charge in [0.1, 0.15) is 11.2 Å². The molecular weight excluding hydrogens is 611 g/mol. The van der Waals surface area contributed by atoms with Gasteiger partial charge in [0.05, 0.1) is 33.7 Å². The summed E-state index contributed by atoms with van der Waals surface area (Å²) in [6, 6.07) is 54.0. The van der Waals surface area contributed by atoms with E-state index in [4.69, 9.17) is 4.42 Å². The molecule has 0 saturated heterocycles. The minimum atomic E-state index is 0.360. The van der Waals surface area contributed by atoms with Crippen LogP contribution in [0.25, 0.3) is 88.1 Å². The predicted octanol–water partition coefficient (Wildman–Crippen LogP) is 12.4. The zero-order valence-corrected chi connectivity index (χ0v) is 27.7. The molecule has 0 amide bonds. The van der Waals surface area contributed by atoms with Crippen molar-refractivity contribution >= 4 is 65.6 Å². The van der Waals surface area contributed by atoms with Crippen molar-refractivity contribution in [2.45, 2.75) is 19.8 Å². The molecule has 0 fully saturated rings. The Kier molecular flexibility index (Phi) is 6.10. The van der Waals surface area contributed by atoms with E-state index >= 15 is 0 Å². The molecule has 50 heavy (non-hydrogen) atoms.